The van der Waals surface area contributed by atoms with Crippen molar-refractivity contribution in [2.75, 3.05) is 0 Å². The van der Waals surface area contributed by atoms with Gasteiger partial charge in [0.05, 0.1) is 0 Å². The van der Waals surface area contributed by atoms with E-state index in [0.717, 1.165) is 10.0 Å². The third kappa shape index (κ3) is 2.52. The van der Waals surface area contributed by atoms with Crippen molar-refractivity contribution in [2.45, 2.75) is 6.42 Å². The van der Waals surface area contributed by atoms with Crippen LogP contribution in [0.3, 0.4) is 0 Å². The molecule has 0 fully saturated rings. The minimum Gasteiger partial charge on any atom is -0.285 e. The number of rotatable bonds is 2. The molecule has 60 valence electrons. The van der Waals surface area contributed by atoms with Crippen LogP contribution in [0.1, 0.15) is 5.56 Å². The van der Waals surface area contributed by atoms with Gasteiger partial charge in [-0.3, -0.25) is 4.79 Å². The average molecular weight is 223 g/mol. The summed E-state index contributed by atoms with van der Waals surface area (Å²) in [6, 6.07) is 7.54. The molecule has 1 aromatic rings. The monoisotopic (exact) mass is 222 g/mol. The van der Waals surface area contributed by atoms with Gasteiger partial charge < -0.3 is 0 Å². The fourth-order valence-corrected chi connectivity index (χ4v) is 1.33. The number of hydrogen-bond acceptors (Lipinski definition) is 1. The highest BCUT2D eigenvalue weighted by Crippen LogP contribution is 2.11. The zero-order valence-electron chi connectivity index (χ0n) is 6.38. The number of carbonyl (C=O) groups excluding carboxylic acids is 1. The molecule has 0 radical (unpaired) electrons. The maximum atomic E-state index is 10.8. The zero-order valence-corrected chi connectivity index (χ0v) is 7.97. The van der Waals surface area contributed by atoms with Gasteiger partial charge in [0.2, 0.25) is 5.78 Å². The van der Waals surface area contributed by atoms with E-state index in [2.05, 4.69) is 21.9 Å². The van der Waals surface area contributed by atoms with Crippen molar-refractivity contribution in [1.82, 2.24) is 0 Å². The summed E-state index contributed by atoms with van der Waals surface area (Å²) >= 11 is 3.31. The first-order chi connectivity index (χ1) is 5.72. The first-order valence-electron chi connectivity index (χ1n) is 3.46. The molecule has 0 atom stereocenters. The van der Waals surface area contributed by atoms with Crippen molar-refractivity contribution in [1.29, 1.82) is 0 Å². The van der Waals surface area contributed by atoms with Gasteiger partial charge in [0.1, 0.15) is 0 Å². The van der Waals surface area contributed by atoms with Crippen LogP contribution in [0.5, 0.6) is 0 Å². The van der Waals surface area contributed by atoms with E-state index in [0.29, 0.717) is 6.42 Å². The van der Waals surface area contributed by atoms with Crippen LogP contribution in [0.15, 0.2) is 28.7 Å². The van der Waals surface area contributed by atoms with E-state index in [4.69, 9.17) is 6.42 Å². The second kappa shape index (κ2) is 4.08. The SMILES string of the molecule is C#CC(=O)Cc1cccc(Br)c1. The standard InChI is InChI=1S/C10H7BrO/c1-2-10(12)7-8-4-3-5-9(11)6-8/h1,3-6H,7H2. The normalized spacial score (nSPS) is 9.00. The second-order valence-corrected chi connectivity index (χ2v) is 3.29. The molecule has 0 aliphatic heterocycles. The van der Waals surface area contributed by atoms with Gasteiger partial charge in [0.15, 0.2) is 0 Å². The molecule has 0 unspecified atom stereocenters. The maximum absolute atomic E-state index is 10.8. The third-order valence-electron chi connectivity index (χ3n) is 1.41. The first-order valence-corrected chi connectivity index (χ1v) is 4.25. The predicted molar refractivity (Wildman–Crippen MR) is 51.7 cm³/mol. The molecule has 2 heteroatoms. The summed E-state index contributed by atoms with van der Waals surface area (Å²) in [4.78, 5) is 10.8. The Morgan fingerprint density at radius 1 is 1.58 bits per heavy atom. The fourth-order valence-electron chi connectivity index (χ4n) is 0.883. The Labute approximate surface area is 79.9 Å². The number of carbonyl (C=O) groups is 1. The summed E-state index contributed by atoms with van der Waals surface area (Å²) in [5.74, 6) is 1.89. The van der Waals surface area contributed by atoms with Crippen molar-refractivity contribution in [3.63, 3.8) is 0 Å². The fraction of sp³-hybridized carbons (Fsp3) is 0.100. The van der Waals surface area contributed by atoms with Crippen molar-refractivity contribution < 1.29 is 4.79 Å². The minimum atomic E-state index is -0.187. The van der Waals surface area contributed by atoms with E-state index in [1.54, 1.807) is 0 Å². The lowest BCUT2D eigenvalue weighted by molar-refractivity contribution is -0.113. The number of Topliss-reactive ketones (excluding diaryl/α,β-unsaturated/α-hetero) is 1. The summed E-state index contributed by atoms with van der Waals surface area (Å²) in [7, 11) is 0. The van der Waals surface area contributed by atoms with Crippen LogP contribution >= 0.6 is 15.9 Å². The molecule has 1 nitrogen and oxygen atoms in total. The Kier molecular flexibility index (Phi) is 3.07. The number of benzene rings is 1. The van der Waals surface area contributed by atoms with Crippen LogP contribution in [-0.2, 0) is 11.2 Å². The smallest absolute Gasteiger partial charge is 0.209 e. The molecule has 0 heterocycles. The summed E-state index contributed by atoms with van der Waals surface area (Å²) in [6.07, 6.45) is 5.26. The lowest BCUT2D eigenvalue weighted by Crippen LogP contribution is -1.97. The number of terminal acetylenes is 1. The molecule has 0 N–H and O–H groups in total. The predicted octanol–water partition coefficient (Wildman–Crippen LogP) is 2.19. The van der Waals surface area contributed by atoms with Crippen LogP contribution in [-0.4, -0.2) is 5.78 Å². The molecule has 1 aromatic carbocycles. The molecule has 0 saturated carbocycles. The van der Waals surface area contributed by atoms with Gasteiger partial charge in [-0.2, -0.15) is 0 Å². The van der Waals surface area contributed by atoms with Gasteiger partial charge in [-0.1, -0.05) is 28.1 Å². The van der Waals surface area contributed by atoms with Gasteiger partial charge in [-0.15, -0.1) is 6.42 Å². The van der Waals surface area contributed by atoms with E-state index in [1.165, 1.54) is 0 Å². The van der Waals surface area contributed by atoms with Crippen LogP contribution < -0.4 is 0 Å². The molecule has 0 aromatic heterocycles. The van der Waals surface area contributed by atoms with E-state index in [9.17, 15) is 4.79 Å². The Balaban J connectivity index is 2.78. The molecule has 0 bridgehead atoms. The lowest BCUT2D eigenvalue weighted by atomic mass is 10.1. The quantitative estimate of drug-likeness (QED) is 0.554. The van der Waals surface area contributed by atoms with Gasteiger partial charge in [0, 0.05) is 10.9 Å². The molecule has 12 heavy (non-hydrogen) atoms. The Morgan fingerprint density at radius 3 is 2.92 bits per heavy atom. The minimum absolute atomic E-state index is 0.187. The number of hydrogen-bond donors (Lipinski definition) is 0. The lowest BCUT2D eigenvalue weighted by Gasteiger charge is -1.96. The molecule has 0 amide bonds. The number of ketones is 1. The third-order valence-corrected chi connectivity index (χ3v) is 1.91. The molecular formula is C10H7BrO. The highest BCUT2D eigenvalue weighted by atomic mass is 79.9. The van der Waals surface area contributed by atoms with E-state index >= 15 is 0 Å². The topological polar surface area (TPSA) is 17.1 Å². The van der Waals surface area contributed by atoms with Crippen molar-refractivity contribution >= 4 is 21.7 Å². The summed E-state index contributed by atoms with van der Waals surface area (Å²) in [5.41, 5.74) is 0.937. The number of halogens is 1. The highest BCUT2D eigenvalue weighted by Gasteiger charge is 1.99. The van der Waals surface area contributed by atoms with Crippen LogP contribution in [0, 0.1) is 12.3 Å². The van der Waals surface area contributed by atoms with Crippen LogP contribution in [0.25, 0.3) is 0 Å². The van der Waals surface area contributed by atoms with Gasteiger partial charge in [0.25, 0.3) is 0 Å². The highest BCUT2D eigenvalue weighted by molar-refractivity contribution is 9.10. The van der Waals surface area contributed by atoms with Crippen molar-refractivity contribution in [2.24, 2.45) is 0 Å². The Morgan fingerprint density at radius 2 is 2.33 bits per heavy atom. The van der Waals surface area contributed by atoms with Gasteiger partial charge in [-0.25, -0.2) is 0 Å². The van der Waals surface area contributed by atoms with E-state index < -0.39 is 0 Å². The Hall–Kier alpha value is -1.07. The average Bonchev–Trinajstić information content (AvgIpc) is 2.04. The van der Waals surface area contributed by atoms with Crippen LogP contribution in [0.2, 0.25) is 0 Å². The molecule has 1 rings (SSSR count). The molecule has 0 spiro atoms. The van der Waals surface area contributed by atoms with Crippen molar-refractivity contribution in [3.05, 3.63) is 34.3 Å². The van der Waals surface area contributed by atoms with E-state index in [-0.39, 0.29) is 5.78 Å². The molecule has 0 saturated heterocycles. The Bertz CT molecular complexity index is 336. The summed E-state index contributed by atoms with van der Waals surface area (Å²) in [5, 5.41) is 0. The van der Waals surface area contributed by atoms with E-state index in [1.807, 2.05) is 24.3 Å². The first kappa shape index (κ1) is 9.02. The van der Waals surface area contributed by atoms with Crippen LogP contribution in [0.4, 0.5) is 0 Å². The van der Waals surface area contributed by atoms with Gasteiger partial charge in [-0.05, 0) is 23.6 Å². The molecule has 0 aliphatic carbocycles. The second-order valence-electron chi connectivity index (χ2n) is 2.37. The summed E-state index contributed by atoms with van der Waals surface area (Å²) < 4.78 is 0.963. The molecular weight excluding hydrogens is 216 g/mol. The summed E-state index contributed by atoms with van der Waals surface area (Å²) in [6.45, 7) is 0. The molecule has 0 aliphatic rings. The zero-order chi connectivity index (χ0) is 8.97. The van der Waals surface area contributed by atoms with Gasteiger partial charge >= 0.3 is 0 Å². The van der Waals surface area contributed by atoms with Crippen molar-refractivity contribution in [3.8, 4) is 12.3 Å². The largest absolute Gasteiger partial charge is 0.285 e. The maximum Gasteiger partial charge on any atom is 0.209 e.